The summed E-state index contributed by atoms with van der Waals surface area (Å²) in [6.07, 6.45) is 1.61. The molecule has 0 radical (unpaired) electrons. The second-order valence-corrected chi connectivity index (χ2v) is 8.14. The van der Waals surface area contributed by atoms with E-state index in [0.717, 1.165) is 24.1 Å². The molecule has 2 heterocycles. The quantitative estimate of drug-likeness (QED) is 0.653. The molecule has 0 aliphatic carbocycles. The summed E-state index contributed by atoms with van der Waals surface area (Å²) in [5.41, 5.74) is 3.10. The lowest BCUT2D eigenvalue weighted by molar-refractivity contribution is -0.117. The van der Waals surface area contributed by atoms with Crippen molar-refractivity contribution in [3.63, 3.8) is 0 Å². The first kappa shape index (κ1) is 18.6. The fourth-order valence-electron chi connectivity index (χ4n) is 3.47. The molecule has 0 saturated heterocycles. The fraction of sp³-hybridized carbons (Fsp3) is 0.286. The molecule has 7 heteroatoms. The van der Waals surface area contributed by atoms with Crippen molar-refractivity contribution in [1.82, 2.24) is 14.8 Å². The summed E-state index contributed by atoms with van der Waals surface area (Å²) in [5, 5.41) is 6.87. The molecule has 2 aromatic carbocycles. The number of anilines is 1. The van der Waals surface area contributed by atoms with Crippen molar-refractivity contribution in [2.24, 2.45) is 0 Å². The lowest BCUT2D eigenvalue weighted by atomic mass is 10.1. The van der Waals surface area contributed by atoms with E-state index < -0.39 is 0 Å². The van der Waals surface area contributed by atoms with E-state index in [1.165, 1.54) is 17.3 Å². The Balaban J connectivity index is 1.46. The van der Waals surface area contributed by atoms with Gasteiger partial charge in [-0.15, -0.1) is 5.10 Å². The number of benzene rings is 2. The lowest BCUT2D eigenvalue weighted by Gasteiger charge is -2.21. The zero-order valence-corrected chi connectivity index (χ0v) is 16.5. The summed E-state index contributed by atoms with van der Waals surface area (Å²) >= 11 is 1.33. The van der Waals surface area contributed by atoms with Gasteiger partial charge in [-0.2, -0.15) is 0 Å². The normalized spacial score (nSPS) is 14.1. The number of aromatic amines is 1. The number of para-hydroxylation sites is 1. The molecule has 4 rings (SSSR count). The van der Waals surface area contributed by atoms with Crippen LogP contribution in [0.25, 0.3) is 0 Å². The molecule has 0 bridgehead atoms. The van der Waals surface area contributed by atoms with E-state index >= 15 is 0 Å². The van der Waals surface area contributed by atoms with E-state index in [2.05, 4.69) is 16.3 Å². The highest BCUT2D eigenvalue weighted by Gasteiger charge is 2.29. The van der Waals surface area contributed by atoms with Gasteiger partial charge in [0.1, 0.15) is 0 Å². The van der Waals surface area contributed by atoms with E-state index in [1.807, 2.05) is 60.4 Å². The van der Waals surface area contributed by atoms with Crippen molar-refractivity contribution < 1.29 is 4.79 Å². The number of aromatic nitrogens is 3. The van der Waals surface area contributed by atoms with Gasteiger partial charge in [0, 0.05) is 18.8 Å². The van der Waals surface area contributed by atoms with Crippen LogP contribution < -0.4 is 10.6 Å². The Kier molecular flexibility index (Phi) is 5.34. The van der Waals surface area contributed by atoms with Crippen molar-refractivity contribution in [1.29, 1.82) is 0 Å². The number of carbonyl (C=O) groups is 1. The Labute approximate surface area is 167 Å². The van der Waals surface area contributed by atoms with E-state index in [4.69, 9.17) is 0 Å². The third-order valence-electron chi connectivity index (χ3n) is 4.97. The van der Waals surface area contributed by atoms with Crippen LogP contribution in [0.2, 0.25) is 0 Å². The molecular weight excluding hydrogens is 372 g/mol. The maximum atomic E-state index is 13.0. The van der Waals surface area contributed by atoms with Crippen molar-refractivity contribution in [2.45, 2.75) is 36.7 Å². The van der Waals surface area contributed by atoms with Gasteiger partial charge in [0.05, 0.1) is 5.25 Å². The highest BCUT2D eigenvalue weighted by molar-refractivity contribution is 8.00. The minimum absolute atomic E-state index is 0.0417. The molecular formula is C21H22N4O2S. The Bertz CT molecular complexity index is 1030. The minimum Gasteiger partial charge on any atom is -0.311 e. The molecule has 6 nitrogen and oxygen atoms in total. The van der Waals surface area contributed by atoms with Gasteiger partial charge >= 0.3 is 5.69 Å². The number of hydrogen-bond acceptors (Lipinski definition) is 4. The number of fused-ring (bicyclic) bond motifs is 1. The molecule has 1 N–H and O–H groups in total. The number of carbonyl (C=O) groups excluding carboxylic acids is 1. The summed E-state index contributed by atoms with van der Waals surface area (Å²) in [5.74, 6) is 0.0417. The van der Waals surface area contributed by atoms with Gasteiger partial charge in [-0.25, -0.2) is 9.89 Å². The van der Waals surface area contributed by atoms with Gasteiger partial charge in [0.15, 0.2) is 5.16 Å². The molecule has 0 spiro atoms. The Morgan fingerprint density at radius 2 is 1.93 bits per heavy atom. The largest absolute Gasteiger partial charge is 0.343 e. The molecule has 1 aliphatic rings. The molecule has 28 heavy (non-hydrogen) atoms. The maximum absolute atomic E-state index is 13.0. The van der Waals surface area contributed by atoms with Gasteiger partial charge in [0.25, 0.3) is 0 Å². The van der Waals surface area contributed by atoms with Crippen LogP contribution in [-0.2, 0) is 24.2 Å². The van der Waals surface area contributed by atoms with Crippen molar-refractivity contribution in [3.05, 3.63) is 76.2 Å². The first-order chi connectivity index (χ1) is 13.6. The topological polar surface area (TPSA) is 71.0 Å². The highest BCUT2D eigenvalue weighted by Crippen LogP contribution is 2.30. The van der Waals surface area contributed by atoms with E-state index in [9.17, 15) is 9.59 Å². The molecule has 1 amide bonds. The number of H-pyrrole nitrogens is 1. The Morgan fingerprint density at radius 3 is 2.75 bits per heavy atom. The maximum Gasteiger partial charge on any atom is 0.343 e. The van der Waals surface area contributed by atoms with Crippen molar-refractivity contribution in [3.8, 4) is 0 Å². The third kappa shape index (κ3) is 3.75. The van der Waals surface area contributed by atoms with E-state index in [1.54, 1.807) is 4.57 Å². The third-order valence-corrected chi connectivity index (χ3v) is 6.05. The second-order valence-electron chi connectivity index (χ2n) is 6.83. The molecule has 1 unspecified atom stereocenters. The molecule has 1 atom stereocenters. The molecule has 0 fully saturated rings. The predicted octanol–water partition coefficient (Wildman–Crippen LogP) is 2.88. The average molecular weight is 395 g/mol. The summed E-state index contributed by atoms with van der Waals surface area (Å²) in [7, 11) is 0. The van der Waals surface area contributed by atoms with Crippen molar-refractivity contribution >= 4 is 23.4 Å². The van der Waals surface area contributed by atoms with Crippen LogP contribution in [-0.4, -0.2) is 32.5 Å². The molecule has 1 aromatic heterocycles. The van der Waals surface area contributed by atoms with Gasteiger partial charge in [-0.05, 0) is 37.0 Å². The molecule has 0 saturated carbocycles. The number of thioether (sulfide) groups is 1. The first-order valence-corrected chi connectivity index (χ1v) is 10.3. The number of hydrogen-bond donors (Lipinski definition) is 1. The monoisotopic (exact) mass is 394 g/mol. The van der Waals surface area contributed by atoms with Gasteiger partial charge in [-0.1, -0.05) is 60.3 Å². The highest BCUT2D eigenvalue weighted by atomic mass is 32.2. The summed E-state index contributed by atoms with van der Waals surface area (Å²) in [4.78, 5) is 27.0. The number of amides is 1. The predicted molar refractivity (Wildman–Crippen MR) is 111 cm³/mol. The molecule has 144 valence electrons. The summed E-state index contributed by atoms with van der Waals surface area (Å²) < 4.78 is 1.61. The molecule has 1 aliphatic heterocycles. The van der Waals surface area contributed by atoms with Gasteiger partial charge < -0.3 is 4.90 Å². The van der Waals surface area contributed by atoms with Crippen LogP contribution in [0.3, 0.4) is 0 Å². The number of nitrogens with one attached hydrogen (secondary N) is 1. The zero-order chi connectivity index (χ0) is 19.5. The van der Waals surface area contributed by atoms with E-state index in [0.29, 0.717) is 18.2 Å². The smallest absolute Gasteiger partial charge is 0.311 e. The zero-order valence-electron chi connectivity index (χ0n) is 15.7. The van der Waals surface area contributed by atoms with Gasteiger partial charge in [-0.3, -0.25) is 9.36 Å². The summed E-state index contributed by atoms with van der Waals surface area (Å²) in [6, 6.07) is 18.0. The number of nitrogens with zero attached hydrogens (tertiary/aromatic N) is 3. The van der Waals surface area contributed by atoms with Crippen LogP contribution in [0.5, 0.6) is 0 Å². The first-order valence-electron chi connectivity index (χ1n) is 9.38. The van der Waals surface area contributed by atoms with Crippen LogP contribution in [0.15, 0.2) is 64.5 Å². The van der Waals surface area contributed by atoms with Gasteiger partial charge in [0.2, 0.25) is 5.91 Å². The van der Waals surface area contributed by atoms with Crippen LogP contribution in [0.1, 0.15) is 18.1 Å². The SMILES string of the molecule is CC(Sc1n[nH]c(=O)n1CCc1ccccc1)C(=O)N1CCc2ccccc21. The van der Waals surface area contributed by atoms with Crippen LogP contribution in [0.4, 0.5) is 5.69 Å². The Morgan fingerprint density at radius 1 is 1.18 bits per heavy atom. The second kappa shape index (κ2) is 8.06. The minimum atomic E-state index is -0.336. The van der Waals surface area contributed by atoms with E-state index in [-0.39, 0.29) is 16.8 Å². The standard InChI is InChI=1S/C21H22N4O2S/c1-15(19(26)24-14-12-17-9-5-6-10-18(17)24)28-21-23-22-20(27)25(21)13-11-16-7-3-2-4-8-16/h2-10,15H,11-14H2,1H3,(H,22,27). The van der Waals surface area contributed by atoms with Crippen LogP contribution in [0, 0.1) is 0 Å². The lowest BCUT2D eigenvalue weighted by Crippen LogP contribution is -2.35. The Hall–Kier alpha value is -2.80. The number of rotatable bonds is 6. The fourth-order valence-corrected chi connectivity index (χ4v) is 4.42. The van der Waals surface area contributed by atoms with Crippen LogP contribution >= 0.6 is 11.8 Å². The molecule has 3 aromatic rings. The average Bonchev–Trinajstić information content (AvgIpc) is 3.30. The number of aryl methyl sites for hydroxylation is 1. The van der Waals surface area contributed by atoms with Crippen molar-refractivity contribution in [2.75, 3.05) is 11.4 Å². The summed E-state index contributed by atoms with van der Waals surface area (Å²) in [6.45, 7) is 3.09.